The number of piperidine rings is 1. The second-order valence-electron chi connectivity index (χ2n) is 6.40. The molecule has 6 nitrogen and oxygen atoms in total. The maximum Gasteiger partial charge on any atom is 0.240 e. The molecule has 2 heterocycles. The molecule has 2 amide bonds. The summed E-state index contributed by atoms with van der Waals surface area (Å²) in [6.45, 7) is 5.30. The van der Waals surface area contributed by atoms with Gasteiger partial charge in [-0.05, 0) is 37.5 Å². The molecule has 24 heavy (non-hydrogen) atoms. The van der Waals surface area contributed by atoms with Crippen molar-refractivity contribution in [3.63, 3.8) is 0 Å². The van der Waals surface area contributed by atoms with Gasteiger partial charge in [0.15, 0.2) is 0 Å². The van der Waals surface area contributed by atoms with Crippen LogP contribution in [0.2, 0.25) is 0 Å². The lowest BCUT2D eigenvalue weighted by Gasteiger charge is -2.43. The molecule has 0 aliphatic carbocycles. The van der Waals surface area contributed by atoms with E-state index < -0.39 is 5.54 Å². The zero-order chi connectivity index (χ0) is 17.0. The number of carbonyl (C=O) groups is 2. The van der Waals surface area contributed by atoms with Gasteiger partial charge in [-0.25, -0.2) is 0 Å². The molecule has 2 aliphatic rings. The van der Waals surface area contributed by atoms with Gasteiger partial charge in [0.2, 0.25) is 11.8 Å². The lowest BCUT2D eigenvalue weighted by molar-refractivity contribution is -0.138. The number of ether oxygens (including phenoxy) is 1. The van der Waals surface area contributed by atoms with Crippen molar-refractivity contribution >= 4 is 11.8 Å². The van der Waals surface area contributed by atoms with Gasteiger partial charge in [-0.2, -0.15) is 0 Å². The minimum Gasteiger partial charge on any atom is -0.494 e. The van der Waals surface area contributed by atoms with E-state index in [-0.39, 0.29) is 11.8 Å². The highest BCUT2D eigenvalue weighted by Crippen LogP contribution is 2.24. The summed E-state index contributed by atoms with van der Waals surface area (Å²) in [4.78, 5) is 26.5. The van der Waals surface area contributed by atoms with Crippen molar-refractivity contribution in [2.75, 3.05) is 32.8 Å². The van der Waals surface area contributed by atoms with Crippen LogP contribution in [-0.2, 0) is 16.0 Å². The highest BCUT2D eigenvalue weighted by atomic mass is 16.5. The maximum absolute atomic E-state index is 12.5. The Morgan fingerprint density at radius 2 is 1.92 bits per heavy atom. The van der Waals surface area contributed by atoms with Gasteiger partial charge in [0.05, 0.1) is 13.0 Å². The Bertz CT molecular complexity index is 592. The Labute approximate surface area is 142 Å². The molecule has 2 N–H and O–H groups in total. The zero-order valence-electron chi connectivity index (χ0n) is 14.1. The van der Waals surface area contributed by atoms with Crippen LogP contribution in [0.15, 0.2) is 24.3 Å². The fourth-order valence-electron chi connectivity index (χ4n) is 3.43. The molecule has 2 fully saturated rings. The van der Waals surface area contributed by atoms with Crippen LogP contribution in [0.3, 0.4) is 0 Å². The van der Waals surface area contributed by atoms with Crippen molar-refractivity contribution < 1.29 is 14.3 Å². The summed E-state index contributed by atoms with van der Waals surface area (Å²) < 4.78 is 5.42. The summed E-state index contributed by atoms with van der Waals surface area (Å²) in [7, 11) is 0. The number of carbonyl (C=O) groups excluding carboxylic acids is 2. The SMILES string of the molecule is CCOc1ccc(CC(=O)N2CCC3(CC2)NCCNC3=O)cc1. The third-order valence-corrected chi connectivity index (χ3v) is 4.87. The third kappa shape index (κ3) is 3.53. The smallest absolute Gasteiger partial charge is 0.240 e. The number of piperazine rings is 1. The lowest BCUT2D eigenvalue weighted by atomic mass is 9.85. The summed E-state index contributed by atoms with van der Waals surface area (Å²) in [5, 5.41) is 6.27. The van der Waals surface area contributed by atoms with Crippen LogP contribution in [0.25, 0.3) is 0 Å². The van der Waals surface area contributed by atoms with Crippen molar-refractivity contribution in [1.82, 2.24) is 15.5 Å². The fraction of sp³-hybridized carbons (Fsp3) is 0.556. The molecule has 0 radical (unpaired) electrons. The number of likely N-dealkylation sites (tertiary alicyclic amines) is 1. The molecule has 0 aromatic heterocycles. The van der Waals surface area contributed by atoms with Gasteiger partial charge in [-0.1, -0.05) is 12.1 Å². The van der Waals surface area contributed by atoms with Gasteiger partial charge < -0.3 is 20.3 Å². The molecule has 0 bridgehead atoms. The standard InChI is InChI=1S/C18H25N3O3/c1-2-24-15-5-3-14(4-6-15)13-16(22)21-11-7-18(8-12-21)17(23)19-9-10-20-18/h3-6,20H,2,7-13H2,1H3,(H,19,23). The van der Waals surface area contributed by atoms with Crippen molar-refractivity contribution in [3.8, 4) is 5.75 Å². The molecule has 1 aromatic rings. The molecule has 0 atom stereocenters. The van der Waals surface area contributed by atoms with Gasteiger partial charge in [0.25, 0.3) is 0 Å². The maximum atomic E-state index is 12.5. The van der Waals surface area contributed by atoms with Crippen LogP contribution in [0.4, 0.5) is 0 Å². The first kappa shape index (κ1) is 16.8. The first-order valence-corrected chi connectivity index (χ1v) is 8.66. The number of benzene rings is 1. The summed E-state index contributed by atoms with van der Waals surface area (Å²) in [5.41, 5.74) is 0.506. The second kappa shape index (κ2) is 7.21. The molecule has 0 saturated carbocycles. The summed E-state index contributed by atoms with van der Waals surface area (Å²) in [6, 6.07) is 7.66. The monoisotopic (exact) mass is 331 g/mol. The highest BCUT2D eigenvalue weighted by Gasteiger charge is 2.43. The molecular formula is C18H25N3O3. The average molecular weight is 331 g/mol. The minimum atomic E-state index is -0.478. The first-order valence-electron chi connectivity index (χ1n) is 8.66. The van der Waals surface area contributed by atoms with E-state index in [9.17, 15) is 9.59 Å². The summed E-state index contributed by atoms with van der Waals surface area (Å²) in [5.74, 6) is 1.01. The Kier molecular flexibility index (Phi) is 5.04. The minimum absolute atomic E-state index is 0.0763. The average Bonchev–Trinajstić information content (AvgIpc) is 2.60. The molecule has 130 valence electrons. The highest BCUT2D eigenvalue weighted by molar-refractivity contribution is 5.87. The quantitative estimate of drug-likeness (QED) is 0.852. The van der Waals surface area contributed by atoms with E-state index in [0.29, 0.717) is 45.5 Å². The predicted molar refractivity (Wildman–Crippen MR) is 90.9 cm³/mol. The van der Waals surface area contributed by atoms with Crippen LogP contribution < -0.4 is 15.4 Å². The van der Waals surface area contributed by atoms with Crippen LogP contribution in [0.1, 0.15) is 25.3 Å². The zero-order valence-corrected chi connectivity index (χ0v) is 14.1. The van der Waals surface area contributed by atoms with Crippen molar-refractivity contribution in [3.05, 3.63) is 29.8 Å². The number of rotatable bonds is 4. The Morgan fingerprint density at radius 3 is 2.54 bits per heavy atom. The number of hydrogen-bond donors (Lipinski definition) is 2. The number of nitrogens with one attached hydrogen (secondary N) is 2. The van der Waals surface area contributed by atoms with Crippen LogP contribution in [0, 0.1) is 0 Å². The predicted octanol–water partition coefficient (Wildman–Crippen LogP) is 0.708. The fourth-order valence-corrected chi connectivity index (χ4v) is 3.43. The normalized spacial score (nSPS) is 19.9. The molecule has 0 unspecified atom stereocenters. The number of hydrogen-bond acceptors (Lipinski definition) is 4. The van der Waals surface area contributed by atoms with E-state index in [2.05, 4.69) is 10.6 Å². The van der Waals surface area contributed by atoms with Gasteiger partial charge in [0, 0.05) is 26.2 Å². The molecule has 6 heteroatoms. The Hall–Kier alpha value is -2.08. The van der Waals surface area contributed by atoms with E-state index in [0.717, 1.165) is 17.9 Å². The van der Waals surface area contributed by atoms with Gasteiger partial charge in [-0.3, -0.25) is 9.59 Å². The van der Waals surface area contributed by atoms with Gasteiger partial charge in [-0.15, -0.1) is 0 Å². The van der Waals surface area contributed by atoms with Crippen molar-refractivity contribution in [2.24, 2.45) is 0 Å². The topological polar surface area (TPSA) is 70.7 Å². The van der Waals surface area contributed by atoms with Crippen LogP contribution in [0.5, 0.6) is 5.75 Å². The number of amides is 2. The largest absolute Gasteiger partial charge is 0.494 e. The van der Waals surface area contributed by atoms with Gasteiger partial charge >= 0.3 is 0 Å². The van der Waals surface area contributed by atoms with E-state index in [4.69, 9.17) is 4.74 Å². The molecular weight excluding hydrogens is 306 g/mol. The second-order valence-corrected chi connectivity index (χ2v) is 6.40. The van der Waals surface area contributed by atoms with Crippen LogP contribution in [-0.4, -0.2) is 55.0 Å². The molecule has 2 aliphatic heterocycles. The Balaban J connectivity index is 1.54. The molecule has 3 rings (SSSR count). The molecule has 2 saturated heterocycles. The van der Waals surface area contributed by atoms with Crippen LogP contribution >= 0.6 is 0 Å². The van der Waals surface area contributed by atoms with E-state index >= 15 is 0 Å². The van der Waals surface area contributed by atoms with E-state index in [1.807, 2.05) is 36.1 Å². The lowest BCUT2D eigenvalue weighted by Crippen LogP contribution is -2.67. The third-order valence-electron chi connectivity index (χ3n) is 4.87. The molecule has 1 spiro atoms. The van der Waals surface area contributed by atoms with Gasteiger partial charge in [0.1, 0.15) is 11.3 Å². The summed E-state index contributed by atoms with van der Waals surface area (Å²) in [6.07, 6.45) is 1.74. The molecule has 1 aromatic carbocycles. The van der Waals surface area contributed by atoms with Crippen molar-refractivity contribution in [1.29, 1.82) is 0 Å². The van der Waals surface area contributed by atoms with Crippen molar-refractivity contribution in [2.45, 2.75) is 31.7 Å². The summed E-state index contributed by atoms with van der Waals surface area (Å²) >= 11 is 0. The van der Waals surface area contributed by atoms with E-state index in [1.54, 1.807) is 0 Å². The Morgan fingerprint density at radius 1 is 1.21 bits per heavy atom. The first-order chi connectivity index (χ1) is 11.6. The number of nitrogens with zero attached hydrogens (tertiary/aromatic N) is 1. The van der Waals surface area contributed by atoms with E-state index in [1.165, 1.54) is 0 Å².